The fourth-order valence-corrected chi connectivity index (χ4v) is 3.01. The highest BCUT2D eigenvalue weighted by molar-refractivity contribution is 5.93. The van der Waals surface area contributed by atoms with E-state index >= 15 is 0 Å². The van der Waals surface area contributed by atoms with Gasteiger partial charge in [-0.15, -0.1) is 0 Å². The predicted molar refractivity (Wildman–Crippen MR) is 95.2 cm³/mol. The van der Waals surface area contributed by atoms with Crippen molar-refractivity contribution in [2.75, 3.05) is 5.32 Å². The molecule has 0 saturated heterocycles. The average molecular weight is 346 g/mol. The number of rotatable bonds is 5. The van der Waals surface area contributed by atoms with Crippen molar-refractivity contribution in [3.05, 3.63) is 29.8 Å². The average Bonchev–Trinajstić information content (AvgIpc) is 2.56. The number of amides is 2. The van der Waals surface area contributed by atoms with Gasteiger partial charge in [0.15, 0.2) is 6.10 Å². The lowest BCUT2D eigenvalue weighted by atomic mass is 9.86. The molecule has 1 fully saturated rings. The second-order valence-electron chi connectivity index (χ2n) is 6.68. The Bertz CT molecular complexity index is 627. The molecule has 1 aliphatic carbocycles. The Hall–Kier alpha value is -2.37. The first-order chi connectivity index (χ1) is 11.9. The highest BCUT2D eigenvalue weighted by Crippen LogP contribution is 2.23. The molecule has 3 unspecified atom stereocenters. The maximum atomic E-state index is 12.3. The Balaban J connectivity index is 1.88. The van der Waals surface area contributed by atoms with Crippen LogP contribution in [0.1, 0.15) is 56.8 Å². The Kier molecular flexibility index (Phi) is 6.56. The van der Waals surface area contributed by atoms with Gasteiger partial charge < -0.3 is 15.4 Å². The summed E-state index contributed by atoms with van der Waals surface area (Å²) in [6, 6.07) is 6.50. The zero-order chi connectivity index (χ0) is 18.4. The molecule has 1 saturated carbocycles. The Morgan fingerprint density at radius 3 is 2.36 bits per heavy atom. The van der Waals surface area contributed by atoms with Gasteiger partial charge in [-0.25, -0.2) is 4.79 Å². The minimum atomic E-state index is -0.850. The molecule has 0 heterocycles. The van der Waals surface area contributed by atoms with E-state index in [4.69, 9.17) is 4.74 Å². The van der Waals surface area contributed by atoms with E-state index in [2.05, 4.69) is 17.6 Å². The van der Waals surface area contributed by atoms with Crippen LogP contribution in [-0.2, 0) is 14.3 Å². The minimum absolute atomic E-state index is 0.152. The van der Waals surface area contributed by atoms with Crippen LogP contribution in [0.4, 0.5) is 5.69 Å². The van der Waals surface area contributed by atoms with Crippen LogP contribution in [0, 0.1) is 5.92 Å². The largest absolute Gasteiger partial charge is 0.449 e. The second-order valence-corrected chi connectivity index (χ2v) is 6.68. The van der Waals surface area contributed by atoms with Gasteiger partial charge in [0, 0.05) is 18.7 Å². The third kappa shape index (κ3) is 5.59. The van der Waals surface area contributed by atoms with Gasteiger partial charge in [0.05, 0.1) is 5.56 Å². The molecule has 1 aliphatic rings. The standard InChI is InChI=1S/C19H26N2O4/c1-12-6-4-5-7-17(12)21-18(23)13(2)25-19(24)15-8-10-16(11-9-15)20-14(3)22/h8-13,17H,4-7H2,1-3H3,(H,20,22)(H,21,23). The topological polar surface area (TPSA) is 84.5 Å². The summed E-state index contributed by atoms with van der Waals surface area (Å²) in [5, 5.41) is 5.62. The molecule has 6 heteroatoms. The predicted octanol–water partition coefficient (Wildman–Crippen LogP) is 2.89. The summed E-state index contributed by atoms with van der Waals surface area (Å²) in [6.07, 6.45) is 3.55. The lowest BCUT2D eigenvalue weighted by molar-refractivity contribution is -0.130. The van der Waals surface area contributed by atoms with E-state index in [0.29, 0.717) is 17.2 Å². The molecule has 1 aromatic rings. The number of nitrogens with one attached hydrogen (secondary N) is 2. The number of carbonyl (C=O) groups is 3. The number of ether oxygens (including phenoxy) is 1. The van der Waals surface area contributed by atoms with Crippen LogP contribution in [0.2, 0.25) is 0 Å². The molecular formula is C19H26N2O4. The molecule has 136 valence electrons. The van der Waals surface area contributed by atoms with Crippen molar-refractivity contribution in [2.45, 2.75) is 58.6 Å². The molecule has 3 atom stereocenters. The van der Waals surface area contributed by atoms with Crippen LogP contribution in [-0.4, -0.2) is 29.9 Å². The molecule has 2 N–H and O–H groups in total. The van der Waals surface area contributed by atoms with Crippen molar-refractivity contribution in [1.29, 1.82) is 0 Å². The van der Waals surface area contributed by atoms with Crippen molar-refractivity contribution in [3.8, 4) is 0 Å². The van der Waals surface area contributed by atoms with E-state index in [0.717, 1.165) is 19.3 Å². The van der Waals surface area contributed by atoms with Crippen molar-refractivity contribution >= 4 is 23.5 Å². The fourth-order valence-electron chi connectivity index (χ4n) is 3.01. The zero-order valence-corrected chi connectivity index (χ0v) is 15.0. The van der Waals surface area contributed by atoms with Crippen molar-refractivity contribution in [1.82, 2.24) is 5.32 Å². The number of hydrogen-bond donors (Lipinski definition) is 2. The Morgan fingerprint density at radius 1 is 1.12 bits per heavy atom. The van der Waals surface area contributed by atoms with E-state index < -0.39 is 12.1 Å². The molecule has 0 bridgehead atoms. The summed E-state index contributed by atoms with van der Waals surface area (Å²) in [5.74, 6) is -0.560. The molecule has 2 amide bonds. The van der Waals surface area contributed by atoms with Crippen LogP contribution >= 0.6 is 0 Å². The van der Waals surface area contributed by atoms with Gasteiger partial charge in [-0.3, -0.25) is 9.59 Å². The molecule has 0 spiro atoms. The summed E-state index contributed by atoms with van der Waals surface area (Å²) in [6.45, 7) is 5.12. The monoisotopic (exact) mass is 346 g/mol. The summed E-state index contributed by atoms with van der Waals surface area (Å²) in [5.41, 5.74) is 0.931. The van der Waals surface area contributed by atoms with Crippen molar-refractivity contribution in [2.24, 2.45) is 5.92 Å². The lowest BCUT2D eigenvalue weighted by Gasteiger charge is -2.30. The Labute approximate surface area is 148 Å². The highest BCUT2D eigenvalue weighted by atomic mass is 16.5. The van der Waals surface area contributed by atoms with Crippen LogP contribution in [0.15, 0.2) is 24.3 Å². The van der Waals surface area contributed by atoms with E-state index in [9.17, 15) is 14.4 Å². The SMILES string of the molecule is CC(=O)Nc1ccc(C(=O)OC(C)C(=O)NC2CCCCC2C)cc1. The van der Waals surface area contributed by atoms with Crippen LogP contribution in [0.5, 0.6) is 0 Å². The molecule has 6 nitrogen and oxygen atoms in total. The molecule has 25 heavy (non-hydrogen) atoms. The van der Waals surface area contributed by atoms with E-state index in [-0.39, 0.29) is 17.9 Å². The van der Waals surface area contributed by atoms with Gasteiger partial charge in [-0.1, -0.05) is 19.8 Å². The first kappa shape index (κ1) is 19.0. The number of anilines is 1. The van der Waals surface area contributed by atoms with E-state index in [1.807, 2.05) is 0 Å². The number of hydrogen-bond acceptors (Lipinski definition) is 4. The summed E-state index contributed by atoms with van der Waals surface area (Å²) in [7, 11) is 0. The highest BCUT2D eigenvalue weighted by Gasteiger charge is 2.26. The molecular weight excluding hydrogens is 320 g/mol. The fraction of sp³-hybridized carbons (Fsp3) is 0.526. The van der Waals surface area contributed by atoms with Gasteiger partial charge in [0.2, 0.25) is 5.91 Å². The second kappa shape index (κ2) is 8.65. The van der Waals surface area contributed by atoms with Gasteiger partial charge in [0.1, 0.15) is 0 Å². The maximum Gasteiger partial charge on any atom is 0.338 e. The summed E-state index contributed by atoms with van der Waals surface area (Å²) in [4.78, 5) is 35.4. The smallest absolute Gasteiger partial charge is 0.338 e. The third-order valence-corrected chi connectivity index (χ3v) is 4.53. The van der Waals surface area contributed by atoms with Crippen LogP contribution < -0.4 is 10.6 Å². The van der Waals surface area contributed by atoms with E-state index in [1.165, 1.54) is 13.3 Å². The van der Waals surface area contributed by atoms with Crippen molar-refractivity contribution < 1.29 is 19.1 Å². The maximum absolute atomic E-state index is 12.3. The lowest BCUT2D eigenvalue weighted by Crippen LogP contribution is -2.45. The molecule has 0 aliphatic heterocycles. The van der Waals surface area contributed by atoms with Gasteiger partial charge in [0.25, 0.3) is 5.91 Å². The molecule has 2 rings (SSSR count). The third-order valence-electron chi connectivity index (χ3n) is 4.53. The van der Waals surface area contributed by atoms with Gasteiger partial charge >= 0.3 is 5.97 Å². The Morgan fingerprint density at radius 2 is 1.76 bits per heavy atom. The number of carbonyl (C=O) groups excluding carboxylic acids is 3. The molecule has 0 aromatic heterocycles. The normalized spacial score (nSPS) is 21.1. The minimum Gasteiger partial charge on any atom is -0.449 e. The van der Waals surface area contributed by atoms with E-state index in [1.54, 1.807) is 31.2 Å². The first-order valence-electron chi connectivity index (χ1n) is 8.76. The number of benzene rings is 1. The van der Waals surface area contributed by atoms with Gasteiger partial charge in [-0.2, -0.15) is 0 Å². The summed E-state index contributed by atoms with van der Waals surface area (Å²) >= 11 is 0. The van der Waals surface area contributed by atoms with Crippen LogP contribution in [0.3, 0.4) is 0 Å². The van der Waals surface area contributed by atoms with Gasteiger partial charge in [-0.05, 0) is 49.9 Å². The number of esters is 1. The van der Waals surface area contributed by atoms with Crippen LogP contribution in [0.25, 0.3) is 0 Å². The molecule has 1 aromatic carbocycles. The summed E-state index contributed by atoms with van der Waals surface area (Å²) < 4.78 is 5.26. The molecule has 0 radical (unpaired) electrons. The van der Waals surface area contributed by atoms with Crippen molar-refractivity contribution in [3.63, 3.8) is 0 Å². The zero-order valence-electron chi connectivity index (χ0n) is 15.0. The first-order valence-corrected chi connectivity index (χ1v) is 8.76. The quantitative estimate of drug-likeness (QED) is 0.803.